The summed E-state index contributed by atoms with van der Waals surface area (Å²) in [5, 5.41) is 2.65. The molecular weight excluding hydrogens is 448 g/mol. The Bertz CT molecular complexity index is 1600. The van der Waals surface area contributed by atoms with Gasteiger partial charge in [-0.1, -0.05) is 78.9 Å². The second-order valence-corrected chi connectivity index (χ2v) is 11.2. The van der Waals surface area contributed by atoms with Gasteiger partial charge in [0.1, 0.15) is 7.05 Å². The number of hydrogen-bond donors (Lipinski definition) is 0. The van der Waals surface area contributed by atoms with Gasteiger partial charge >= 0.3 is 0 Å². The lowest BCUT2D eigenvalue weighted by molar-refractivity contribution is -0.401. The third kappa shape index (κ3) is 3.58. The molecule has 1 unspecified atom stereocenters. The van der Waals surface area contributed by atoms with Crippen LogP contribution in [0.15, 0.2) is 115 Å². The number of para-hydroxylation sites is 1. The number of benzene rings is 4. The van der Waals surface area contributed by atoms with Crippen molar-refractivity contribution in [2.24, 2.45) is 0 Å². The van der Waals surface area contributed by atoms with E-state index < -0.39 is 0 Å². The van der Waals surface area contributed by atoms with E-state index in [2.05, 4.69) is 154 Å². The van der Waals surface area contributed by atoms with Crippen LogP contribution in [0.1, 0.15) is 37.5 Å². The Hall–Kier alpha value is -3.91. The number of nitrogens with zero attached hydrogens (tertiary/aromatic N) is 2. The first kappa shape index (κ1) is 23.5. The van der Waals surface area contributed by atoms with Crippen molar-refractivity contribution in [1.29, 1.82) is 0 Å². The summed E-state index contributed by atoms with van der Waals surface area (Å²) in [7, 11) is 4.40. The molecule has 6 rings (SSSR count). The maximum absolute atomic E-state index is 2.39. The van der Waals surface area contributed by atoms with E-state index >= 15 is 0 Å². The molecule has 0 saturated carbocycles. The summed E-state index contributed by atoms with van der Waals surface area (Å²) in [6.07, 6.45) is 7.89. The van der Waals surface area contributed by atoms with Gasteiger partial charge in [-0.15, -0.1) is 0 Å². The van der Waals surface area contributed by atoms with Gasteiger partial charge in [0.05, 0.1) is 5.41 Å². The van der Waals surface area contributed by atoms with E-state index in [1.807, 2.05) is 0 Å². The van der Waals surface area contributed by atoms with E-state index in [9.17, 15) is 0 Å². The van der Waals surface area contributed by atoms with Crippen LogP contribution in [-0.2, 0) is 17.3 Å². The van der Waals surface area contributed by atoms with Gasteiger partial charge in [0, 0.05) is 41.6 Å². The van der Waals surface area contributed by atoms with Crippen LogP contribution in [-0.4, -0.2) is 24.4 Å². The fourth-order valence-electron chi connectivity index (χ4n) is 6.78. The Morgan fingerprint density at radius 2 is 1.51 bits per heavy atom. The Balaban J connectivity index is 1.41. The van der Waals surface area contributed by atoms with Crippen molar-refractivity contribution in [1.82, 2.24) is 0 Å². The summed E-state index contributed by atoms with van der Waals surface area (Å²) in [4.78, 5) is 2.37. The molecule has 2 aliphatic heterocycles. The lowest BCUT2D eigenvalue weighted by atomic mass is 9.76. The maximum atomic E-state index is 2.39. The van der Waals surface area contributed by atoms with E-state index in [1.54, 1.807) is 0 Å². The van der Waals surface area contributed by atoms with Crippen LogP contribution in [0, 0.1) is 0 Å². The zero-order valence-corrected chi connectivity index (χ0v) is 22.5. The highest BCUT2D eigenvalue weighted by Gasteiger charge is 2.44. The predicted octanol–water partition coefficient (Wildman–Crippen LogP) is 7.94. The average molecular weight is 484 g/mol. The molecule has 0 N–H and O–H groups in total. The SMILES string of the molecule is CN1C(=CC=CC2=[N+](C)c3ccc4ccccc4c3C2(C)C)C(C)(Cc2ccccc2)c2ccccc21. The van der Waals surface area contributed by atoms with Crippen LogP contribution in [0.4, 0.5) is 11.4 Å². The Labute approximate surface area is 220 Å². The molecule has 2 nitrogen and oxygen atoms in total. The summed E-state index contributed by atoms with van der Waals surface area (Å²) in [5.74, 6) is 0. The first-order valence-corrected chi connectivity index (χ1v) is 13.2. The maximum Gasteiger partial charge on any atom is 0.210 e. The highest BCUT2D eigenvalue weighted by atomic mass is 15.2. The van der Waals surface area contributed by atoms with Crippen LogP contribution in [0.2, 0.25) is 0 Å². The molecule has 0 saturated heterocycles. The van der Waals surface area contributed by atoms with Gasteiger partial charge < -0.3 is 4.90 Å². The fourth-order valence-corrected chi connectivity index (χ4v) is 6.78. The number of anilines is 1. The van der Waals surface area contributed by atoms with Gasteiger partial charge in [0.15, 0.2) is 5.71 Å². The molecule has 2 heterocycles. The summed E-state index contributed by atoms with van der Waals surface area (Å²) in [5.41, 5.74) is 9.23. The van der Waals surface area contributed by atoms with E-state index in [0.717, 1.165) is 6.42 Å². The second kappa shape index (κ2) is 8.59. The Morgan fingerprint density at radius 1 is 0.811 bits per heavy atom. The van der Waals surface area contributed by atoms with Crippen molar-refractivity contribution in [3.05, 3.63) is 132 Å². The van der Waals surface area contributed by atoms with Crippen LogP contribution < -0.4 is 4.90 Å². The minimum absolute atomic E-state index is 0.0855. The minimum Gasteiger partial charge on any atom is -0.347 e. The van der Waals surface area contributed by atoms with Crippen LogP contribution in [0.3, 0.4) is 0 Å². The number of allylic oxidation sites excluding steroid dienone is 4. The smallest absolute Gasteiger partial charge is 0.210 e. The van der Waals surface area contributed by atoms with Gasteiger partial charge in [-0.05, 0) is 67.3 Å². The molecule has 184 valence electrons. The normalized spacial score (nSPS) is 21.3. The molecule has 2 aliphatic rings. The van der Waals surface area contributed by atoms with Crippen molar-refractivity contribution in [2.75, 3.05) is 19.0 Å². The molecule has 1 atom stereocenters. The summed E-state index contributed by atoms with van der Waals surface area (Å²) < 4.78 is 2.37. The van der Waals surface area contributed by atoms with E-state index in [-0.39, 0.29) is 10.8 Å². The van der Waals surface area contributed by atoms with E-state index in [4.69, 9.17) is 0 Å². The first-order valence-electron chi connectivity index (χ1n) is 13.2. The van der Waals surface area contributed by atoms with Gasteiger partial charge in [-0.3, -0.25) is 0 Å². The molecule has 0 aromatic heterocycles. The zero-order valence-electron chi connectivity index (χ0n) is 22.5. The van der Waals surface area contributed by atoms with Crippen LogP contribution in [0.25, 0.3) is 10.8 Å². The topological polar surface area (TPSA) is 6.25 Å². The van der Waals surface area contributed by atoms with E-state index in [1.165, 1.54) is 50.2 Å². The van der Waals surface area contributed by atoms with Crippen molar-refractivity contribution in [3.8, 4) is 0 Å². The fraction of sp³-hybridized carbons (Fsp3) is 0.229. The highest BCUT2D eigenvalue weighted by Crippen LogP contribution is 2.49. The number of fused-ring (bicyclic) bond motifs is 4. The molecule has 37 heavy (non-hydrogen) atoms. The molecule has 0 amide bonds. The molecule has 0 aliphatic carbocycles. The van der Waals surface area contributed by atoms with Crippen LogP contribution in [0.5, 0.6) is 0 Å². The Kier molecular flexibility index (Phi) is 5.45. The van der Waals surface area contributed by atoms with Crippen molar-refractivity contribution in [3.63, 3.8) is 0 Å². The van der Waals surface area contributed by atoms with Crippen molar-refractivity contribution in [2.45, 2.75) is 38.0 Å². The molecule has 4 aromatic carbocycles. The Morgan fingerprint density at radius 3 is 2.32 bits per heavy atom. The summed E-state index contributed by atoms with van der Waals surface area (Å²) >= 11 is 0. The number of rotatable bonds is 4. The van der Waals surface area contributed by atoms with Crippen molar-refractivity contribution >= 4 is 27.9 Å². The minimum atomic E-state index is -0.0992. The van der Waals surface area contributed by atoms with Crippen LogP contribution >= 0.6 is 0 Å². The quantitative estimate of drug-likeness (QED) is 0.267. The molecular formula is C35H35N2+. The number of likely N-dealkylation sites (N-methyl/N-ethyl adjacent to an activating group) is 1. The summed E-state index contributed by atoms with van der Waals surface area (Å²) in [6, 6.07) is 33.0. The van der Waals surface area contributed by atoms with Gasteiger partial charge in [0.25, 0.3) is 0 Å². The van der Waals surface area contributed by atoms with Gasteiger partial charge in [-0.2, -0.15) is 4.58 Å². The van der Waals surface area contributed by atoms with Crippen molar-refractivity contribution < 1.29 is 4.58 Å². The molecule has 4 aromatic rings. The first-order chi connectivity index (χ1) is 17.8. The standard InChI is InChI=1S/C35H35N2/c1-34(2)31(37(5)30-23-22-26-16-9-10-17-27(26)33(30)34)20-13-21-32-35(3,24-25-14-7-6-8-15-25)28-18-11-12-19-29(28)36(32)4/h6-23H,24H2,1-5H3/q+1. The molecule has 0 radical (unpaired) electrons. The van der Waals surface area contributed by atoms with Gasteiger partial charge in [-0.25, -0.2) is 0 Å². The van der Waals surface area contributed by atoms with Gasteiger partial charge in [0.2, 0.25) is 5.69 Å². The molecule has 0 spiro atoms. The lowest BCUT2D eigenvalue weighted by Crippen LogP contribution is -2.29. The molecule has 0 fully saturated rings. The monoisotopic (exact) mass is 483 g/mol. The second-order valence-electron chi connectivity index (χ2n) is 11.2. The predicted molar refractivity (Wildman–Crippen MR) is 157 cm³/mol. The number of hydrogen-bond acceptors (Lipinski definition) is 1. The third-order valence-corrected chi connectivity index (χ3v) is 8.59. The third-order valence-electron chi connectivity index (χ3n) is 8.59. The zero-order chi connectivity index (χ0) is 25.8. The molecule has 0 bridgehead atoms. The van der Waals surface area contributed by atoms with E-state index in [0.29, 0.717) is 0 Å². The lowest BCUT2D eigenvalue weighted by Gasteiger charge is -2.29. The average Bonchev–Trinajstić information content (AvgIpc) is 3.24. The summed E-state index contributed by atoms with van der Waals surface area (Å²) in [6.45, 7) is 7.10. The highest BCUT2D eigenvalue weighted by molar-refractivity contribution is 6.07. The molecule has 2 heteroatoms. The largest absolute Gasteiger partial charge is 0.347 e.